The van der Waals surface area contributed by atoms with Gasteiger partial charge in [-0.2, -0.15) is 0 Å². The van der Waals surface area contributed by atoms with E-state index in [-0.39, 0.29) is 11.3 Å². The summed E-state index contributed by atoms with van der Waals surface area (Å²) in [5, 5.41) is 1.08. The SMILES string of the molecule is O=c1c2ccccc2nc(SCc2ccc(F)cc2F)n1CCc1ccccc1. The van der Waals surface area contributed by atoms with Crippen molar-refractivity contribution in [1.29, 1.82) is 0 Å². The van der Waals surface area contributed by atoms with Crippen LogP contribution < -0.4 is 5.56 Å². The molecule has 0 aliphatic carbocycles. The van der Waals surface area contributed by atoms with Crippen LogP contribution in [0.1, 0.15) is 11.1 Å². The zero-order valence-electron chi connectivity index (χ0n) is 15.5. The smallest absolute Gasteiger partial charge is 0.262 e. The van der Waals surface area contributed by atoms with Crippen molar-refractivity contribution in [2.24, 2.45) is 0 Å². The normalized spacial score (nSPS) is 11.1. The first kappa shape index (κ1) is 19.3. The third-order valence-electron chi connectivity index (χ3n) is 4.67. The van der Waals surface area contributed by atoms with Gasteiger partial charge in [0.05, 0.1) is 10.9 Å². The van der Waals surface area contributed by atoms with Gasteiger partial charge in [0.25, 0.3) is 5.56 Å². The molecule has 0 N–H and O–H groups in total. The lowest BCUT2D eigenvalue weighted by atomic mass is 10.1. The van der Waals surface area contributed by atoms with Crippen LogP contribution in [0.15, 0.2) is 82.7 Å². The predicted octanol–water partition coefficient (Wildman–Crippen LogP) is 5.21. The molecule has 0 aliphatic heterocycles. The number of hydrogen-bond donors (Lipinski definition) is 0. The number of halogens is 2. The number of aryl methyl sites for hydroxylation is 1. The Morgan fingerprint density at radius 3 is 2.48 bits per heavy atom. The minimum absolute atomic E-state index is 0.117. The van der Waals surface area contributed by atoms with Gasteiger partial charge in [-0.3, -0.25) is 9.36 Å². The van der Waals surface area contributed by atoms with Crippen LogP contribution in [-0.2, 0) is 18.7 Å². The van der Waals surface area contributed by atoms with E-state index in [1.165, 1.54) is 23.9 Å². The third kappa shape index (κ3) is 4.38. The number of aromatic nitrogens is 2. The van der Waals surface area contributed by atoms with Crippen molar-refractivity contribution in [1.82, 2.24) is 9.55 Å². The Hall–Kier alpha value is -2.99. The molecule has 3 nitrogen and oxygen atoms in total. The molecule has 4 aromatic rings. The van der Waals surface area contributed by atoms with Crippen molar-refractivity contribution in [3.05, 3.63) is 106 Å². The molecule has 29 heavy (non-hydrogen) atoms. The monoisotopic (exact) mass is 408 g/mol. The van der Waals surface area contributed by atoms with Gasteiger partial charge in [-0.25, -0.2) is 13.8 Å². The van der Waals surface area contributed by atoms with Crippen LogP contribution in [0, 0.1) is 11.6 Å². The first-order valence-corrected chi connectivity index (χ1v) is 10.2. The summed E-state index contributed by atoms with van der Waals surface area (Å²) in [5.41, 5.74) is 1.98. The zero-order chi connectivity index (χ0) is 20.2. The van der Waals surface area contributed by atoms with Crippen molar-refractivity contribution in [3.8, 4) is 0 Å². The highest BCUT2D eigenvalue weighted by molar-refractivity contribution is 7.98. The van der Waals surface area contributed by atoms with Crippen molar-refractivity contribution >= 4 is 22.7 Å². The van der Waals surface area contributed by atoms with Gasteiger partial charge in [0.15, 0.2) is 5.16 Å². The summed E-state index contributed by atoms with van der Waals surface area (Å²) in [5.74, 6) is -0.960. The summed E-state index contributed by atoms with van der Waals surface area (Å²) in [4.78, 5) is 17.7. The second-order valence-electron chi connectivity index (χ2n) is 6.63. The van der Waals surface area contributed by atoms with Crippen molar-refractivity contribution in [3.63, 3.8) is 0 Å². The minimum Gasteiger partial charge on any atom is -0.287 e. The van der Waals surface area contributed by atoms with Crippen LogP contribution in [0.3, 0.4) is 0 Å². The predicted molar refractivity (Wildman–Crippen MR) is 112 cm³/mol. The van der Waals surface area contributed by atoms with Crippen LogP contribution in [0.25, 0.3) is 10.9 Å². The van der Waals surface area contributed by atoms with Gasteiger partial charge in [0, 0.05) is 18.4 Å². The number of thioether (sulfide) groups is 1. The number of fused-ring (bicyclic) bond motifs is 1. The lowest BCUT2D eigenvalue weighted by Gasteiger charge is -2.13. The van der Waals surface area contributed by atoms with E-state index in [2.05, 4.69) is 4.98 Å². The molecule has 4 rings (SSSR count). The van der Waals surface area contributed by atoms with E-state index in [1.54, 1.807) is 16.7 Å². The minimum atomic E-state index is -0.611. The largest absolute Gasteiger partial charge is 0.287 e. The Morgan fingerprint density at radius 2 is 1.69 bits per heavy atom. The average Bonchev–Trinajstić information content (AvgIpc) is 2.73. The first-order chi connectivity index (χ1) is 14.1. The van der Waals surface area contributed by atoms with Crippen LogP contribution in [0.4, 0.5) is 8.78 Å². The van der Waals surface area contributed by atoms with Gasteiger partial charge in [0.2, 0.25) is 0 Å². The highest BCUT2D eigenvalue weighted by atomic mass is 32.2. The van der Waals surface area contributed by atoms with E-state index >= 15 is 0 Å². The number of rotatable bonds is 6. The van der Waals surface area contributed by atoms with Crippen LogP contribution in [-0.4, -0.2) is 9.55 Å². The molecule has 0 spiro atoms. The van der Waals surface area contributed by atoms with Crippen LogP contribution in [0.5, 0.6) is 0 Å². The van der Waals surface area contributed by atoms with Gasteiger partial charge in [-0.1, -0.05) is 60.3 Å². The Bertz CT molecular complexity index is 1210. The number of para-hydroxylation sites is 1. The molecule has 146 valence electrons. The number of benzene rings is 3. The van der Waals surface area contributed by atoms with E-state index in [0.717, 1.165) is 11.6 Å². The fraction of sp³-hybridized carbons (Fsp3) is 0.130. The summed E-state index contributed by atoms with van der Waals surface area (Å²) < 4.78 is 28.8. The summed E-state index contributed by atoms with van der Waals surface area (Å²) in [6, 6.07) is 20.6. The summed E-state index contributed by atoms with van der Waals surface area (Å²) >= 11 is 1.27. The maximum absolute atomic E-state index is 14.0. The Morgan fingerprint density at radius 1 is 0.931 bits per heavy atom. The van der Waals surface area contributed by atoms with E-state index in [4.69, 9.17) is 0 Å². The third-order valence-corrected chi connectivity index (χ3v) is 5.69. The number of nitrogens with zero attached hydrogens (tertiary/aromatic N) is 2. The quantitative estimate of drug-likeness (QED) is 0.325. The standard InChI is InChI=1S/C23H18F2N2OS/c24-18-11-10-17(20(25)14-18)15-29-23-26-21-9-5-4-8-19(21)22(28)27(23)13-12-16-6-2-1-3-7-16/h1-11,14H,12-13,15H2. The second kappa shape index (κ2) is 8.57. The van der Waals surface area contributed by atoms with Gasteiger partial charge in [-0.15, -0.1) is 0 Å². The van der Waals surface area contributed by atoms with E-state index < -0.39 is 11.6 Å². The Labute approximate surface area is 171 Å². The Kier molecular flexibility index (Phi) is 5.71. The molecule has 1 aromatic heterocycles. The average molecular weight is 408 g/mol. The van der Waals surface area contributed by atoms with Gasteiger partial charge < -0.3 is 0 Å². The Balaban J connectivity index is 1.67. The molecule has 3 aromatic carbocycles. The molecule has 0 aliphatic rings. The molecule has 0 saturated carbocycles. The van der Waals surface area contributed by atoms with E-state index in [0.29, 0.717) is 34.6 Å². The maximum atomic E-state index is 14.0. The molecule has 0 fully saturated rings. The lowest BCUT2D eigenvalue weighted by Crippen LogP contribution is -2.24. The van der Waals surface area contributed by atoms with E-state index in [9.17, 15) is 13.6 Å². The molecule has 0 unspecified atom stereocenters. The molecule has 6 heteroatoms. The first-order valence-electron chi connectivity index (χ1n) is 9.22. The zero-order valence-corrected chi connectivity index (χ0v) is 16.3. The molecule has 0 radical (unpaired) electrons. The van der Waals surface area contributed by atoms with E-state index in [1.807, 2.05) is 42.5 Å². The summed E-state index contributed by atoms with van der Waals surface area (Å²) in [6.07, 6.45) is 0.680. The van der Waals surface area contributed by atoms with Gasteiger partial charge in [0.1, 0.15) is 11.6 Å². The molecular weight excluding hydrogens is 390 g/mol. The lowest BCUT2D eigenvalue weighted by molar-refractivity contribution is 0.576. The maximum Gasteiger partial charge on any atom is 0.262 e. The topological polar surface area (TPSA) is 34.9 Å². The fourth-order valence-corrected chi connectivity index (χ4v) is 4.13. The highest BCUT2D eigenvalue weighted by Gasteiger charge is 2.13. The summed E-state index contributed by atoms with van der Waals surface area (Å²) in [7, 11) is 0. The van der Waals surface area contributed by atoms with Crippen molar-refractivity contribution in [2.75, 3.05) is 0 Å². The van der Waals surface area contributed by atoms with Crippen LogP contribution in [0.2, 0.25) is 0 Å². The molecule has 0 atom stereocenters. The molecule has 0 saturated heterocycles. The number of hydrogen-bond acceptors (Lipinski definition) is 3. The second-order valence-corrected chi connectivity index (χ2v) is 7.57. The fourth-order valence-electron chi connectivity index (χ4n) is 3.12. The van der Waals surface area contributed by atoms with Crippen molar-refractivity contribution in [2.45, 2.75) is 23.9 Å². The molecule has 1 heterocycles. The summed E-state index contributed by atoms with van der Waals surface area (Å²) in [6.45, 7) is 0.467. The van der Waals surface area contributed by atoms with Gasteiger partial charge >= 0.3 is 0 Å². The molecule has 0 amide bonds. The van der Waals surface area contributed by atoms with Gasteiger partial charge in [-0.05, 0) is 35.7 Å². The van der Waals surface area contributed by atoms with Crippen LogP contribution >= 0.6 is 11.8 Å². The van der Waals surface area contributed by atoms with Crippen molar-refractivity contribution < 1.29 is 8.78 Å². The molecule has 0 bridgehead atoms. The molecular formula is C23H18F2N2OS. The highest BCUT2D eigenvalue weighted by Crippen LogP contribution is 2.24.